The van der Waals surface area contributed by atoms with Crippen molar-refractivity contribution in [1.29, 1.82) is 0 Å². The van der Waals surface area contributed by atoms with Crippen LogP contribution in [0.4, 0.5) is 35.1 Å². The van der Waals surface area contributed by atoms with Crippen LogP contribution in [-0.4, -0.2) is 32.3 Å². The molecule has 0 bridgehead atoms. The van der Waals surface area contributed by atoms with Crippen LogP contribution in [0.15, 0.2) is 30.5 Å². The van der Waals surface area contributed by atoms with Crippen LogP contribution in [0.1, 0.15) is 5.82 Å². The summed E-state index contributed by atoms with van der Waals surface area (Å²) in [6.45, 7) is 0. The highest BCUT2D eigenvalue weighted by atomic mass is 32.1. The molecule has 5 nitrogen and oxygen atoms in total. The maximum absolute atomic E-state index is 13.6. The minimum Gasteiger partial charge on any atom is -0.406 e. The number of benzene rings is 1. The van der Waals surface area contributed by atoms with Crippen LogP contribution in [0.3, 0.4) is 0 Å². The maximum atomic E-state index is 13.6. The van der Waals surface area contributed by atoms with Crippen LogP contribution >= 0.6 is 12.2 Å². The molecule has 0 radical (unpaired) electrons. The first kappa shape index (κ1) is 20.0. The van der Waals surface area contributed by atoms with E-state index in [1.54, 1.807) is 0 Å². The van der Waals surface area contributed by atoms with Gasteiger partial charge in [-0.3, -0.25) is 0 Å². The second-order valence-corrected chi connectivity index (χ2v) is 5.71. The number of nitrogens with zero attached hydrogens (tertiary/aromatic N) is 3. The summed E-state index contributed by atoms with van der Waals surface area (Å²) in [5.74, 6) is -7.77. The third kappa shape index (κ3) is 3.63. The van der Waals surface area contributed by atoms with E-state index in [1.165, 1.54) is 6.07 Å². The number of nitrogens with one attached hydrogen (secondary N) is 1. The fourth-order valence-corrected chi connectivity index (χ4v) is 2.46. The number of hydrogen-bond acceptors (Lipinski definition) is 4. The van der Waals surface area contributed by atoms with Gasteiger partial charge in [-0.05, 0) is 12.1 Å². The molecule has 0 aliphatic carbocycles. The summed E-state index contributed by atoms with van der Waals surface area (Å²) in [6.07, 6.45) is -9.91. The van der Waals surface area contributed by atoms with Gasteiger partial charge in [-0.25, -0.2) is 9.67 Å². The van der Waals surface area contributed by atoms with Crippen molar-refractivity contribution in [3.8, 4) is 11.4 Å². The Bertz CT molecular complexity index is 1090. The lowest BCUT2D eigenvalue weighted by Crippen LogP contribution is -2.35. The van der Waals surface area contributed by atoms with E-state index in [0.717, 1.165) is 29.1 Å². The zero-order valence-electron chi connectivity index (χ0n) is 13.1. The van der Waals surface area contributed by atoms with E-state index in [-0.39, 0.29) is 11.1 Å². The normalized spacial score (nSPS) is 13.1. The minimum atomic E-state index is -5.95. The first-order valence-electron chi connectivity index (χ1n) is 7.09. The molecule has 0 atom stereocenters. The highest BCUT2D eigenvalue weighted by Crippen LogP contribution is 2.42. The lowest BCUT2D eigenvalue weighted by molar-refractivity contribution is -0.292. The van der Waals surface area contributed by atoms with Crippen molar-refractivity contribution in [3.05, 3.63) is 40.9 Å². The van der Waals surface area contributed by atoms with Crippen molar-refractivity contribution < 1.29 is 39.9 Å². The second-order valence-electron chi connectivity index (χ2n) is 5.33. The Balaban J connectivity index is 2.17. The van der Waals surface area contributed by atoms with Crippen LogP contribution in [-0.2, 0) is 5.92 Å². The third-order valence-electron chi connectivity index (χ3n) is 3.40. The summed E-state index contributed by atoms with van der Waals surface area (Å²) < 4.78 is 106. The number of rotatable bonds is 3. The van der Waals surface area contributed by atoms with Gasteiger partial charge in [0.1, 0.15) is 16.0 Å². The number of fused-ring (bicyclic) bond motifs is 1. The van der Waals surface area contributed by atoms with Crippen LogP contribution in [0, 0.1) is 4.64 Å². The molecule has 0 fully saturated rings. The minimum absolute atomic E-state index is 0.0844. The number of alkyl halides is 8. The molecule has 28 heavy (non-hydrogen) atoms. The van der Waals surface area contributed by atoms with E-state index in [9.17, 15) is 35.1 Å². The van der Waals surface area contributed by atoms with Gasteiger partial charge in [-0.15, -0.1) is 13.2 Å². The van der Waals surface area contributed by atoms with Crippen molar-refractivity contribution in [1.82, 2.24) is 19.7 Å². The Labute approximate surface area is 154 Å². The number of H-pyrrole nitrogens is 1. The van der Waals surface area contributed by atoms with Gasteiger partial charge < -0.3 is 9.72 Å². The molecule has 1 aromatic carbocycles. The Hall–Kier alpha value is -2.77. The Morgan fingerprint density at radius 1 is 1.04 bits per heavy atom. The predicted octanol–water partition coefficient (Wildman–Crippen LogP) is 5.03. The predicted molar refractivity (Wildman–Crippen MR) is 80.7 cm³/mol. The number of aromatic nitrogens is 4. The maximum Gasteiger partial charge on any atom is 0.573 e. The highest BCUT2D eigenvalue weighted by molar-refractivity contribution is 7.71. The molecule has 0 aliphatic rings. The number of halogens is 8. The largest absolute Gasteiger partial charge is 0.573 e. The summed E-state index contributed by atoms with van der Waals surface area (Å²) in [7, 11) is 0. The summed E-state index contributed by atoms with van der Waals surface area (Å²) in [5.41, 5.74) is -0.530. The van der Waals surface area contributed by atoms with Gasteiger partial charge in [-0.2, -0.15) is 27.1 Å². The van der Waals surface area contributed by atoms with Gasteiger partial charge in [0.15, 0.2) is 5.82 Å². The standard InChI is InChI=1S/C14H6F8N4OS/c15-12(16,13(17,18)19)11-24-9-8(10(28)25-11)5-23-26(9)6-2-1-3-7(4-6)27-14(20,21)22/h1-5H,(H,24,25,28). The van der Waals surface area contributed by atoms with Crippen molar-refractivity contribution in [2.45, 2.75) is 18.5 Å². The van der Waals surface area contributed by atoms with Gasteiger partial charge in [0.05, 0.1) is 17.3 Å². The van der Waals surface area contributed by atoms with E-state index in [1.807, 2.05) is 4.98 Å². The molecular weight excluding hydrogens is 424 g/mol. The van der Waals surface area contributed by atoms with Crippen molar-refractivity contribution in [2.75, 3.05) is 0 Å². The molecule has 14 heteroatoms. The Morgan fingerprint density at radius 3 is 2.32 bits per heavy atom. The van der Waals surface area contributed by atoms with Gasteiger partial charge in [0.25, 0.3) is 0 Å². The second kappa shape index (κ2) is 6.39. The fraction of sp³-hybridized carbons (Fsp3) is 0.214. The van der Waals surface area contributed by atoms with Crippen molar-refractivity contribution >= 4 is 23.3 Å². The van der Waals surface area contributed by atoms with E-state index in [2.05, 4.69) is 14.8 Å². The van der Waals surface area contributed by atoms with Crippen LogP contribution in [0.5, 0.6) is 5.75 Å². The average Bonchev–Trinajstić information content (AvgIpc) is 2.97. The molecule has 2 aromatic heterocycles. The number of aromatic amines is 1. The quantitative estimate of drug-likeness (QED) is 0.468. The van der Waals surface area contributed by atoms with Gasteiger partial charge in [0.2, 0.25) is 0 Å². The molecule has 0 spiro atoms. The smallest absolute Gasteiger partial charge is 0.406 e. The van der Waals surface area contributed by atoms with Crippen molar-refractivity contribution in [2.24, 2.45) is 0 Å². The topological polar surface area (TPSA) is 55.7 Å². The average molecular weight is 430 g/mol. The van der Waals surface area contributed by atoms with Crippen LogP contribution in [0.2, 0.25) is 0 Å². The lowest BCUT2D eigenvalue weighted by Gasteiger charge is -2.18. The fourth-order valence-electron chi connectivity index (χ4n) is 2.22. The molecule has 0 saturated heterocycles. The number of hydrogen-bond donors (Lipinski definition) is 1. The molecule has 150 valence electrons. The van der Waals surface area contributed by atoms with E-state index in [4.69, 9.17) is 12.2 Å². The summed E-state index contributed by atoms with van der Waals surface area (Å²) in [5, 5.41) is 3.68. The van der Waals surface area contributed by atoms with Gasteiger partial charge in [-0.1, -0.05) is 18.3 Å². The third-order valence-corrected chi connectivity index (χ3v) is 3.71. The van der Waals surface area contributed by atoms with Crippen molar-refractivity contribution in [3.63, 3.8) is 0 Å². The number of ether oxygens (including phenoxy) is 1. The van der Waals surface area contributed by atoms with Crippen LogP contribution in [0.25, 0.3) is 16.7 Å². The molecule has 3 rings (SSSR count). The Morgan fingerprint density at radius 2 is 1.71 bits per heavy atom. The first-order valence-corrected chi connectivity index (χ1v) is 7.50. The van der Waals surface area contributed by atoms with E-state index < -0.39 is 40.3 Å². The molecule has 0 saturated carbocycles. The van der Waals surface area contributed by atoms with Gasteiger partial charge >= 0.3 is 18.5 Å². The molecule has 0 unspecified atom stereocenters. The molecular formula is C14H6F8N4OS. The Kier molecular flexibility index (Phi) is 4.56. The zero-order chi connectivity index (χ0) is 20.9. The monoisotopic (exact) mass is 430 g/mol. The SMILES string of the molecule is FC(F)(F)Oc1cccc(-n2ncc3c(=S)nc(C(F)(F)C(F)(F)F)[nH]c32)c1. The van der Waals surface area contributed by atoms with E-state index in [0.29, 0.717) is 0 Å². The lowest BCUT2D eigenvalue weighted by atomic mass is 10.3. The highest BCUT2D eigenvalue weighted by Gasteiger charge is 2.61. The summed E-state index contributed by atoms with van der Waals surface area (Å²) >= 11 is 4.74. The zero-order valence-corrected chi connectivity index (χ0v) is 13.9. The van der Waals surface area contributed by atoms with Crippen LogP contribution < -0.4 is 4.74 Å². The molecule has 0 aliphatic heterocycles. The molecule has 3 aromatic rings. The summed E-state index contributed by atoms with van der Waals surface area (Å²) in [4.78, 5) is 4.89. The molecule has 1 N–H and O–H groups in total. The molecule has 0 amide bonds. The summed E-state index contributed by atoms with van der Waals surface area (Å²) in [6, 6.07) is 4.20. The molecule has 2 heterocycles. The van der Waals surface area contributed by atoms with E-state index >= 15 is 0 Å². The first-order chi connectivity index (χ1) is 12.8. The van der Waals surface area contributed by atoms with Gasteiger partial charge in [0, 0.05) is 6.07 Å².